The Morgan fingerprint density at radius 1 is 1.33 bits per heavy atom. The van der Waals surface area contributed by atoms with Crippen molar-refractivity contribution in [2.24, 2.45) is 0 Å². The number of amides is 2. The van der Waals surface area contributed by atoms with Crippen LogP contribution < -0.4 is 10.6 Å². The third-order valence-corrected chi connectivity index (χ3v) is 2.48. The molecule has 0 spiro atoms. The van der Waals surface area contributed by atoms with E-state index in [9.17, 15) is 19.7 Å². The lowest BCUT2D eigenvalue weighted by atomic mass is 10.0. The van der Waals surface area contributed by atoms with Gasteiger partial charge < -0.3 is 0 Å². The first-order valence-electron chi connectivity index (χ1n) is 4.37. The van der Waals surface area contributed by atoms with Crippen LogP contribution in [0.1, 0.15) is 6.92 Å². The number of rotatable bonds is 1. The molecule has 4 N–H and O–H groups in total. The van der Waals surface area contributed by atoms with Gasteiger partial charge in [0, 0.05) is 6.92 Å². The summed E-state index contributed by atoms with van der Waals surface area (Å²) in [7, 11) is 0. The fourth-order valence-electron chi connectivity index (χ4n) is 1.86. The van der Waals surface area contributed by atoms with E-state index in [4.69, 9.17) is 0 Å². The topological polar surface area (TPSA) is 110 Å². The van der Waals surface area contributed by atoms with Crippen LogP contribution in [0, 0.1) is 10.1 Å². The molecule has 0 unspecified atom stereocenters. The lowest BCUT2D eigenvalue weighted by molar-refractivity contribution is -0.552. The Hall–Kier alpha value is -1.86. The molecule has 2 aliphatic rings. The molecule has 2 aliphatic heterocycles. The molecule has 0 aromatic carbocycles. The van der Waals surface area contributed by atoms with Crippen LogP contribution in [0.5, 0.6) is 0 Å². The zero-order chi connectivity index (χ0) is 11.2. The number of quaternary nitrogens is 2. The average molecular weight is 211 g/mol. The normalized spacial score (nSPS) is 21.1. The van der Waals surface area contributed by atoms with E-state index in [-0.39, 0.29) is 23.4 Å². The van der Waals surface area contributed by atoms with Gasteiger partial charge in [0.2, 0.25) is 0 Å². The molecule has 2 rings (SSSR count). The highest BCUT2D eigenvalue weighted by Gasteiger charge is 2.46. The zero-order valence-electron chi connectivity index (χ0n) is 7.94. The highest BCUT2D eigenvalue weighted by atomic mass is 16.6. The van der Waals surface area contributed by atoms with Gasteiger partial charge in [-0.3, -0.25) is 15.4 Å². The molecule has 7 heteroatoms. The Labute approximate surface area is 84.0 Å². The fraction of sp³-hybridized carbons (Fsp3) is 0.250. The summed E-state index contributed by atoms with van der Waals surface area (Å²) in [6.45, 7) is 1.68. The summed E-state index contributed by atoms with van der Waals surface area (Å²) >= 11 is 0. The van der Waals surface area contributed by atoms with E-state index in [0.717, 1.165) is 5.32 Å². The maximum absolute atomic E-state index is 11.5. The maximum atomic E-state index is 11.5. The summed E-state index contributed by atoms with van der Waals surface area (Å²) in [6.07, 6.45) is 0. The second-order valence-corrected chi connectivity index (χ2v) is 3.42. The van der Waals surface area contributed by atoms with Crippen molar-refractivity contribution in [2.75, 3.05) is 6.54 Å². The minimum absolute atomic E-state index is 0.0349. The number of hydrogen-bond donors (Lipinski definition) is 2. The highest BCUT2D eigenvalue weighted by molar-refractivity contribution is 6.14. The number of carbonyl (C=O) groups excluding carboxylic acids is 2. The molecule has 0 aliphatic carbocycles. The van der Waals surface area contributed by atoms with E-state index in [1.807, 2.05) is 0 Å². The smallest absolute Gasteiger partial charge is 0.274 e. The van der Waals surface area contributed by atoms with Crippen molar-refractivity contribution in [3.05, 3.63) is 32.7 Å². The van der Waals surface area contributed by atoms with Gasteiger partial charge in [0.1, 0.15) is 12.1 Å². The zero-order valence-corrected chi connectivity index (χ0v) is 7.94. The average Bonchev–Trinajstić information content (AvgIpc) is 2.47. The lowest BCUT2D eigenvalue weighted by Crippen LogP contribution is -2.90. The molecule has 15 heavy (non-hydrogen) atoms. The van der Waals surface area contributed by atoms with Crippen LogP contribution in [0.3, 0.4) is 0 Å². The largest absolute Gasteiger partial charge is 0.358 e. The quantitative estimate of drug-likeness (QED) is 0.273. The summed E-state index contributed by atoms with van der Waals surface area (Å²) in [5.74, 6) is -0.829. The van der Waals surface area contributed by atoms with Crippen LogP contribution >= 0.6 is 0 Å². The van der Waals surface area contributed by atoms with Gasteiger partial charge in [0.25, 0.3) is 0 Å². The van der Waals surface area contributed by atoms with Crippen LogP contribution in [0.15, 0.2) is 22.5 Å². The molecule has 0 aromatic heterocycles. The molecule has 0 bridgehead atoms. The summed E-state index contributed by atoms with van der Waals surface area (Å²) in [5, 5.41) is 13.2. The first kappa shape index (κ1) is 9.69. The minimum Gasteiger partial charge on any atom is -0.274 e. The van der Waals surface area contributed by atoms with E-state index < -0.39 is 16.7 Å². The van der Waals surface area contributed by atoms with E-state index in [1.165, 1.54) is 12.2 Å². The van der Waals surface area contributed by atoms with Gasteiger partial charge in [-0.05, 0) is 0 Å². The third-order valence-electron chi connectivity index (χ3n) is 2.48. The van der Waals surface area contributed by atoms with Crippen molar-refractivity contribution in [1.29, 1.82) is 0 Å². The molecule has 0 saturated heterocycles. The predicted molar refractivity (Wildman–Crippen MR) is 45.5 cm³/mol. The number of allylic oxidation sites excluding steroid dienone is 1. The Morgan fingerprint density at radius 3 is 2.60 bits per heavy atom. The predicted octanol–water partition coefficient (Wildman–Crippen LogP) is -3.00. The standard InChI is InChI=1S/C8H7N3O4/c1-3-6(11(14)15)4-2-9-7(12)5(4)8(13)10-3/h2H2,1H3,(H,9,12)(H,10,13)/p+2. The summed E-state index contributed by atoms with van der Waals surface area (Å²) in [5.41, 5.74) is 0.431. The number of primary amides is 2. The molecule has 2 amide bonds. The van der Waals surface area contributed by atoms with Crippen LogP contribution in [-0.4, -0.2) is 23.3 Å². The Balaban J connectivity index is 2.61. The van der Waals surface area contributed by atoms with Crippen LogP contribution in [0.4, 0.5) is 0 Å². The highest BCUT2D eigenvalue weighted by Crippen LogP contribution is 2.20. The number of nitrogens with two attached hydrogens (primary N) is 2. The van der Waals surface area contributed by atoms with Gasteiger partial charge >= 0.3 is 17.5 Å². The first-order valence-corrected chi connectivity index (χ1v) is 4.37. The fourth-order valence-corrected chi connectivity index (χ4v) is 1.86. The van der Waals surface area contributed by atoms with Crippen molar-refractivity contribution in [3.63, 3.8) is 0 Å². The maximum Gasteiger partial charge on any atom is 0.358 e. The lowest BCUT2D eigenvalue weighted by Gasteiger charge is -2.06. The SMILES string of the molecule is CC1=C([N+](=O)[O-])C2=C(C(=O)[NH2+]C2)C(=O)[NH2+]1. The van der Waals surface area contributed by atoms with Gasteiger partial charge in [-0.15, -0.1) is 0 Å². The molecule has 0 fully saturated rings. The van der Waals surface area contributed by atoms with Gasteiger partial charge in [0.05, 0.1) is 4.92 Å². The second kappa shape index (κ2) is 3.07. The van der Waals surface area contributed by atoms with Crippen molar-refractivity contribution < 1.29 is 25.1 Å². The molecule has 0 radical (unpaired) electrons. The third kappa shape index (κ3) is 1.29. The minimum atomic E-state index is -0.542. The molecule has 7 nitrogen and oxygen atoms in total. The van der Waals surface area contributed by atoms with E-state index in [2.05, 4.69) is 0 Å². The molecule has 0 atom stereocenters. The molecule has 0 saturated carbocycles. The van der Waals surface area contributed by atoms with Crippen LogP contribution in [0.2, 0.25) is 0 Å². The van der Waals surface area contributed by atoms with Crippen molar-refractivity contribution in [2.45, 2.75) is 6.92 Å². The molecular formula is C8H9N3O4+2. The van der Waals surface area contributed by atoms with Crippen LogP contribution in [-0.2, 0) is 9.59 Å². The molecule has 78 valence electrons. The molecular weight excluding hydrogens is 202 g/mol. The van der Waals surface area contributed by atoms with Crippen LogP contribution in [0.25, 0.3) is 0 Å². The van der Waals surface area contributed by atoms with E-state index in [1.54, 1.807) is 0 Å². The Morgan fingerprint density at radius 2 is 2.00 bits per heavy atom. The van der Waals surface area contributed by atoms with E-state index >= 15 is 0 Å². The van der Waals surface area contributed by atoms with Crippen molar-refractivity contribution in [1.82, 2.24) is 0 Å². The number of nitrogens with zero attached hydrogens (tertiary/aromatic N) is 1. The first-order chi connectivity index (χ1) is 7.02. The van der Waals surface area contributed by atoms with Gasteiger partial charge in [-0.1, -0.05) is 0 Å². The van der Waals surface area contributed by atoms with Gasteiger partial charge in [-0.25, -0.2) is 14.9 Å². The van der Waals surface area contributed by atoms with Gasteiger partial charge in [-0.2, -0.15) is 0 Å². The Kier molecular flexibility index (Phi) is 1.98. The van der Waals surface area contributed by atoms with E-state index in [0.29, 0.717) is 5.70 Å². The number of hydrogen-bond acceptors (Lipinski definition) is 4. The molecule has 0 aromatic rings. The summed E-state index contributed by atoms with van der Waals surface area (Å²) in [6, 6.07) is 0. The number of carbonyl (C=O) groups is 2. The summed E-state index contributed by atoms with van der Waals surface area (Å²) < 4.78 is 0. The van der Waals surface area contributed by atoms with Gasteiger partial charge in [0.15, 0.2) is 11.3 Å². The number of nitro groups is 1. The summed E-state index contributed by atoms with van der Waals surface area (Å²) in [4.78, 5) is 33.0. The Bertz CT molecular complexity index is 461. The van der Waals surface area contributed by atoms with Crippen molar-refractivity contribution >= 4 is 11.8 Å². The van der Waals surface area contributed by atoms with Crippen molar-refractivity contribution in [3.8, 4) is 0 Å². The monoisotopic (exact) mass is 211 g/mol. The second-order valence-electron chi connectivity index (χ2n) is 3.42. The molecule has 2 heterocycles.